The largest absolute Gasteiger partial charge is 0.350 e. The predicted molar refractivity (Wildman–Crippen MR) is 116 cm³/mol. The van der Waals surface area contributed by atoms with Crippen LogP contribution in [0.3, 0.4) is 0 Å². The first kappa shape index (κ1) is 20.0. The van der Waals surface area contributed by atoms with Gasteiger partial charge in [0.2, 0.25) is 0 Å². The van der Waals surface area contributed by atoms with Crippen molar-refractivity contribution in [2.45, 2.75) is 13.8 Å². The predicted octanol–water partition coefficient (Wildman–Crippen LogP) is 5.24. The van der Waals surface area contributed by atoms with Crippen molar-refractivity contribution in [3.8, 4) is 22.5 Å². The number of benzene rings is 2. The molecule has 7 heteroatoms. The lowest BCUT2D eigenvalue weighted by Crippen LogP contribution is -2.28. The average Bonchev–Trinajstić information content (AvgIpc) is 3.16. The van der Waals surface area contributed by atoms with E-state index in [1.54, 1.807) is 47.0 Å². The van der Waals surface area contributed by atoms with Crippen LogP contribution in [0.1, 0.15) is 24.3 Å². The standard InChI is InChI=1S/C23H20ClFN4O/c1-14(2)13-26-23(30)20-11-21(17-5-3-4-6-18(17)25)29-22(27-20)12-19(28-29)15-7-9-16(24)10-8-15/h3-12,14H,13H2,1-2H3,(H,26,30). The number of amides is 1. The number of nitrogens with one attached hydrogen (secondary N) is 1. The molecule has 0 saturated carbocycles. The molecule has 4 aromatic rings. The zero-order chi connectivity index (χ0) is 21.3. The van der Waals surface area contributed by atoms with Gasteiger partial charge in [-0.2, -0.15) is 5.10 Å². The van der Waals surface area contributed by atoms with Crippen molar-refractivity contribution in [2.24, 2.45) is 5.92 Å². The van der Waals surface area contributed by atoms with E-state index in [0.717, 1.165) is 5.56 Å². The van der Waals surface area contributed by atoms with E-state index in [2.05, 4.69) is 15.4 Å². The van der Waals surface area contributed by atoms with Crippen LogP contribution in [0.25, 0.3) is 28.2 Å². The van der Waals surface area contributed by atoms with Crippen LogP contribution < -0.4 is 5.32 Å². The molecule has 4 rings (SSSR count). The first-order valence-corrected chi connectivity index (χ1v) is 10.00. The van der Waals surface area contributed by atoms with E-state index in [4.69, 9.17) is 11.6 Å². The minimum Gasteiger partial charge on any atom is -0.350 e. The molecule has 0 spiro atoms. The van der Waals surface area contributed by atoms with Gasteiger partial charge in [-0.15, -0.1) is 0 Å². The van der Waals surface area contributed by atoms with Crippen molar-refractivity contribution in [3.05, 3.63) is 77.2 Å². The maximum absolute atomic E-state index is 14.6. The molecule has 0 bridgehead atoms. The number of hydrogen-bond acceptors (Lipinski definition) is 3. The van der Waals surface area contributed by atoms with Gasteiger partial charge in [0.15, 0.2) is 5.65 Å². The van der Waals surface area contributed by atoms with Gasteiger partial charge in [-0.3, -0.25) is 4.79 Å². The normalized spacial score (nSPS) is 11.2. The Balaban J connectivity index is 1.88. The molecule has 2 heterocycles. The average molecular weight is 423 g/mol. The van der Waals surface area contributed by atoms with Crippen molar-refractivity contribution in [1.29, 1.82) is 0 Å². The highest BCUT2D eigenvalue weighted by Gasteiger charge is 2.18. The van der Waals surface area contributed by atoms with Crippen LogP contribution in [-0.2, 0) is 0 Å². The summed E-state index contributed by atoms with van der Waals surface area (Å²) in [6.45, 7) is 4.55. The van der Waals surface area contributed by atoms with E-state index in [0.29, 0.717) is 40.1 Å². The Morgan fingerprint density at radius 2 is 1.87 bits per heavy atom. The lowest BCUT2D eigenvalue weighted by atomic mass is 10.1. The van der Waals surface area contributed by atoms with Crippen molar-refractivity contribution >= 4 is 23.2 Å². The Bertz CT molecular complexity index is 1220. The first-order valence-electron chi connectivity index (χ1n) is 9.62. The molecule has 1 amide bonds. The molecule has 1 N–H and O–H groups in total. The third kappa shape index (κ3) is 4.04. The SMILES string of the molecule is CC(C)CNC(=O)c1cc(-c2ccccc2F)n2nc(-c3ccc(Cl)cc3)cc2n1. The maximum Gasteiger partial charge on any atom is 0.270 e. The Morgan fingerprint density at radius 3 is 2.57 bits per heavy atom. The maximum atomic E-state index is 14.6. The van der Waals surface area contributed by atoms with Crippen LogP contribution in [0.2, 0.25) is 5.02 Å². The van der Waals surface area contributed by atoms with Gasteiger partial charge in [0.25, 0.3) is 5.91 Å². The molecule has 0 saturated heterocycles. The van der Waals surface area contributed by atoms with Crippen LogP contribution in [0, 0.1) is 11.7 Å². The van der Waals surface area contributed by atoms with Crippen LogP contribution in [0.15, 0.2) is 60.7 Å². The molecule has 5 nitrogen and oxygen atoms in total. The summed E-state index contributed by atoms with van der Waals surface area (Å²) in [5.74, 6) is -0.407. The molecule has 2 aromatic carbocycles. The lowest BCUT2D eigenvalue weighted by Gasteiger charge is -2.10. The van der Waals surface area contributed by atoms with Gasteiger partial charge < -0.3 is 5.32 Å². The van der Waals surface area contributed by atoms with Crippen molar-refractivity contribution < 1.29 is 9.18 Å². The molecule has 0 radical (unpaired) electrons. The minimum absolute atomic E-state index is 0.212. The topological polar surface area (TPSA) is 59.3 Å². The summed E-state index contributed by atoms with van der Waals surface area (Å²) < 4.78 is 16.1. The zero-order valence-corrected chi connectivity index (χ0v) is 17.3. The molecule has 0 atom stereocenters. The van der Waals surface area contributed by atoms with Gasteiger partial charge in [-0.1, -0.05) is 49.7 Å². The second-order valence-corrected chi connectivity index (χ2v) is 7.85. The second kappa shape index (κ2) is 8.24. The quantitative estimate of drug-likeness (QED) is 0.478. The van der Waals surface area contributed by atoms with Gasteiger partial charge in [0, 0.05) is 28.8 Å². The van der Waals surface area contributed by atoms with Gasteiger partial charge in [-0.05, 0) is 36.2 Å². The molecule has 2 aromatic heterocycles. The van der Waals surface area contributed by atoms with Crippen molar-refractivity contribution in [2.75, 3.05) is 6.54 Å². The zero-order valence-electron chi connectivity index (χ0n) is 16.6. The monoisotopic (exact) mass is 422 g/mol. The van der Waals surface area contributed by atoms with Crippen LogP contribution >= 0.6 is 11.6 Å². The highest BCUT2D eigenvalue weighted by molar-refractivity contribution is 6.30. The second-order valence-electron chi connectivity index (χ2n) is 7.42. The van der Waals surface area contributed by atoms with E-state index in [1.807, 2.05) is 26.0 Å². The lowest BCUT2D eigenvalue weighted by molar-refractivity contribution is 0.0944. The Hall–Kier alpha value is -3.25. The van der Waals surface area contributed by atoms with Gasteiger partial charge >= 0.3 is 0 Å². The number of nitrogens with zero attached hydrogens (tertiary/aromatic N) is 3. The minimum atomic E-state index is -0.401. The summed E-state index contributed by atoms with van der Waals surface area (Å²) in [4.78, 5) is 17.1. The number of halogens is 2. The Labute approximate surface area is 178 Å². The number of carbonyl (C=O) groups is 1. The van der Waals surface area contributed by atoms with E-state index in [1.165, 1.54) is 6.07 Å². The van der Waals surface area contributed by atoms with E-state index in [9.17, 15) is 9.18 Å². The van der Waals surface area contributed by atoms with Gasteiger partial charge in [-0.25, -0.2) is 13.9 Å². The summed E-state index contributed by atoms with van der Waals surface area (Å²) in [7, 11) is 0. The summed E-state index contributed by atoms with van der Waals surface area (Å²) in [6.07, 6.45) is 0. The Morgan fingerprint density at radius 1 is 1.13 bits per heavy atom. The summed E-state index contributed by atoms with van der Waals surface area (Å²) >= 11 is 5.98. The third-order valence-electron chi connectivity index (χ3n) is 4.62. The summed E-state index contributed by atoms with van der Waals surface area (Å²) in [5.41, 5.74) is 2.95. The fourth-order valence-electron chi connectivity index (χ4n) is 3.10. The summed E-state index contributed by atoms with van der Waals surface area (Å²) in [5, 5.41) is 8.10. The number of fused-ring (bicyclic) bond motifs is 1. The van der Waals surface area contributed by atoms with E-state index < -0.39 is 5.82 Å². The number of hydrogen-bond donors (Lipinski definition) is 1. The molecule has 0 aliphatic carbocycles. The fourth-order valence-corrected chi connectivity index (χ4v) is 3.23. The van der Waals surface area contributed by atoms with Crippen LogP contribution in [-0.4, -0.2) is 27.0 Å². The first-order chi connectivity index (χ1) is 14.4. The molecular formula is C23H20ClFN4O. The van der Waals surface area contributed by atoms with Gasteiger partial charge in [0.1, 0.15) is 11.5 Å². The van der Waals surface area contributed by atoms with E-state index in [-0.39, 0.29) is 11.6 Å². The Kier molecular flexibility index (Phi) is 5.50. The third-order valence-corrected chi connectivity index (χ3v) is 4.87. The molecule has 0 aliphatic heterocycles. The molecule has 30 heavy (non-hydrogen) atoms. The molecule has 0 aliphatic rings. The molecule has 0 fully saturated rings. The van der Waals surface area contributed by atoms with Crippen LogP contribution in [0.5, 0.6) is 0 Å². The highest BCUT2D eigenvalue weighted by atomic mass is 35.5. The fraction of sp³-hybridized carbons (Fsp3) is 0.174. The van der Waals surface area contributed by atoms with Crippen molar-refractivity contribution in [1.82, 2.24) is 19.9 Å². The summed E-state index contributed by atoms with van der Waals surface area (Å²) in [6, 6.07) is 17.0. The number of carbonyl (C=O) groups excluding carboxylic acids is 1. The van der Waals surface area contributed by atoms with Crippen LogP contribution in [0.4, 0.5) is 4.39 Å². The molecule has 152 valence electrons. The van der Waals surface area contributed by atoms with Crippen molar-refractivity contribution in [3.63, 3.8) is 0 Å². The highest BCUT2D eigenvalue weighted by Crippen LogP contribution is 2.27. The molecular weight excluding hydrogens is 403 g/mol. The smallest absolute Gasteiger partial charge is 0.270 e. The number of rotatable bonds is 5. The van der Waals surface area contributed by atoms with E-state index >= 15 is 0 Å². The number of aromatic nitrogens is 3. The molecule has 0 unspecified atom stereocenters. The van der Waals surface area contributed by atoms with Gasteiger partial charge in [0.05, 0.1) is 11.4 Å².